The third-order valence-corrected chi connectivity index (χ3v) is 2.38. The molecule has 0 aliphatic rings. The van der Waals surface area contributed by atoms with E-state index < -0.39 is 0 Å². The van der Waals surface area contributed by atoms with Gasteiger partial charge in [0.25, 0.3) is 0 Å². The predicted octanol–water partition coefficient (Wildman–Crippen LogP) is 1.31. The quantitative estimate of drug-likeness (QED) is 0.587. The Morgan fingerprint density at radius 3 is 2.38 bits per heavy atom. The Bertz CT molecular complexity index is 180. The van der Waals surface area contributed by atoms with Gasteiger partial charge in [-0.15, -0.1) is 0 Å². The number of hydrogen-bond acceptors (Lipinski definition) is 3. The van der Waals surface area contributed by atoms with E-state index in [2.05, 4.69) is 38.3 Å². The molecule has 0 aromatic heterocycles. The fourth-order valence-corrected chi connectivity index (χ4v) is 1.35. The van der Waals surface area contributed by atoms with Crippen LogP contribution in [0.5, 0.6) is 0 Å². The molecule has 0 radical (unpaired) electrons. The Balaban J connectivity index is 3.43. The summed E-state index contributed by atoms with van der Waals surface area (Å²) < 4.78 is 5.26. The molecule has 0 heterocycles. The van der Waals surface area contributed by atoms with Crippen LogP contribution in [0.15, 0.2) is 0 Å². The molecule has 0 aliphatic carbocycles. The molecule has 1 amide bonds. The van der Waals surface area contributed by atoms with Crippen LogP contribution in [0.25, 0.3) is 0 Å². The second-order valence-corrected chi connectivity index (χ2v) is 4.24. The van der Waals surface area contributed by atoms with Crippen molar-refractivity contribution in [1.29, 1.82) is 0 Å². The summed E-state index contributed by atoms with van der Waals surface area (Å²) in [6.07, 6.45) is 1.94. The van der Waals surface area contributed by atoms with Crippen LogP contribution in [0.2, 0.25) is 0 Å². The maximum Gasteiger partial charge on any atom is 0.246 e. The molecule has 96 valence electrons. The van der Waals surface area contributed by atoms with Crippen molar-refractivity contribution in [3.63, 3.8) is 0 Å². The summed E-state index contributed by atoms with van der Waals surface area (Å²) in [5, 5.41) is 6.16. The lowest BCUT2D eigenvalue weighted by Crippen LogP contribution is -2.37. The molecule has 0 aliphatic heterocycles. The van der Waals surface area contributed by atoms with Gasteiger partial charge < -0.3 is 15.4 Å². The molecule has 0 saturated heterocycles. The molecule has 0 atom stereocenters. The minimum atomic E-state index is -0.0155. The third-order valence-electron chi connectivity index (χ3n) is 2.38. The molecule has 0 spiro atoms. The van der Waals surface area contributed by atoms with Gasteiger partial charge >= 0.3 is 0 Å². The summed E-state index contributed by atoms with van der Waals surface area (Å²) in [5.74, 6) is -0.0155. The van der Waals surface area contributed by atoms with E-state index in [1.165, 1.54) is 0 Å². The van der Waals surface area contributed by atoms with Crippen LogP contribution in [0.1, 0.15) is 40.5 Å². The highest BCUT2D eigenvalue weighted by molar-refractivity contribution is 5.77. The van der Waals surface area contributed by atoms with E-state index in [-0.39, 0.29) is 18.6 Å². The first-order chi connectivity index (χ1) is 7.60. The molecule has 4 heteroatoms. The van der Waals surface area contributed by atoms with Crippen LogP contribution >= 0.6 is 0 Å². The molecule has 0 aromatic carbocycles. The molecular weight excluding hydrogens is 204 g/mol. The van der Waals surface area contributed by atoms with Crippen molar-refractivity contribution in [2.45, 2.75) is 52.6 Å². The predicted molar refractivity (Wildman–Crippen MR) is 66.5 cm³/mol. The van der Waals surface area contributed by atoms with E-state index >= 15 is 0 Å². The summed E-state index contributed by atoms with van der Waals surface area (Å²) in [6.45, 7) is 9.84. The number of nitrogens with one attached hydrogen (secondary N) is 2. The zero-order valence-electron chi connectivity index (χ0n) is 11.0. The lowest BCUT2D eigenvalue weighted by atomic mass is 10.2. The number of hydrogen-bond donors (Lipinski definition) is 2. The molecule has 2 N–H and O–H groups in total. The number of carbonyl (C=O) groups is 1. The first-order valence-corrected chi connectivity index (χ1v) is 6.20. The lowest BCUT2D eigenvalue weighted by molar-refractivity contribution is -0.126. The molecule has 0 aromatic rings. The first kappa shape index (κ1) is 15.4. The van der Waals surface area contributed by atoms with Gasteiger partial charge in [0.15, 0.2) is 0 Å². The van der Waals surface area contributed by atoms with Crippen LogP contribution in [-0.2, 0) is 9.53 Å². The van der Waals surface area contributed by atoms with Crippen LogP contribution in [-0.4, -0.2) is 37.7 Å². The molecule has 0 rings (SSSR count). The topological polar surface area (TPSA) is 50.4 Å². The van der Waals surface area contributed by atoms with Gasteiger partial charge in [-0.1, -0.05) is 27.7 Å². The van der Waals surface area contributed by atoms with Gasteiger partial charge in [0.1, 0.15) is 6.61 Å². The highest BCUT2D eigenvalue weighted by Crippen LogP contribution is 1.95. The van der Waals surface area contributed by atoms with Crippen LogP contribution in [0.4, 0.5) is 0 Å². The van der Waals surface area contributed by atoms with Crippen molar-refractivity contribution in [2.75, 3.05) is 19.8 Å². The molecule has 0 bridgehead atoms. The van der Waals surface area contributed by atoms with E-state index in [0.717, 1.165) is 19.4 Å². The molecule has 4 nitrogen and oxygen atoms in total. The molecule has 0 saturated carbocycles. The maximum absolute atomic E-state index is 11.4. The van der Waals surface area contributed by atoms with E-state index in [1.54, 1.807) is 0 Å². The van der Waals surface area contributed by atoms with Crippen molar-refractivity contribution < 1.29 is 9.53 Å². The second-order valence-electron chi connectivity index (χ2n) is 4.24. The Labute approximate surface area is 99.1 Å². The molecular formula is C12H26N2O2. The highest BCUT2D eigenvalue weighted by atomic mass is 16.5. The number of rotatable bonds is 9. The Morgan fingerprint density at radius 2 is 1.88 bits per heavy atom. The van der Waals surface area contributed by atoms with Crippen molar-refractivity contribution >= 4 is 5.91 Å². The van der Waals surface area contributed by atoms with Crippen molar-refractivity contribution in [3.05, 3.63) is 0 Å². The van der Waals surface area contributed by atoms with Crippen molar-refractivity contribution in [1.82, 2.24) is 10.6 Å². The fraction of sp³-hybridized carbons (Fsp3) is 0.917. The Morgan fingerprint density at radius 1 is 1.25 bits per heavy atom. The molecule has 0 unspecified atom stereocenters. The average molecular weight is 230 g/mol. The summed E-state index contributed by atoms with van der Waals surface area (Å²) in [6, 6.07) is 0.742. The van der Waals surface area contributed by atoms with E-state index in [4.69, 9.17) is 4.74 Å². The van der Waals surface area contributed by atoms with Crippen LogP contribution in [0.3, 0.4) is 0 Å². The second kappa shape index (κ2) is 9.60. The maximum atomic E-state index is 11.4. The monoisotopic (exact) mass is 230 g/mol. The van der Waals surface area contributed by atoms with E-state index in [1.807, 2.05) is 0 Å². The van der Waals surface area contributed by atoms with Gasteiger partial charge in [-0.2, -0.15) is 0 Å². The number of amides is 1. The summed E-state index contributed by atoms with van der Waals surface area (Å²) >= 11 is 0. The number of ether oxygens (including phenoxy) is 1. The zero-order valence-corrected chi connectivity index (χ0v) is 11.0. The van der Waals surface area contributed by atoms with Gasteiger partial charge in [0.2, 0.25) is 5.91 Å². The smallest absolute Gasteiger partial charge is 0.246 e. The minimum Gasteiger partial charge on any atom is -0.370 e. The van der Waals surface area contributed by atoms with Crippen molar-refractivity contribution in [2.24, 2.45) is 0 Å². The SMILES string of the molecule is CCC(CC)NC(=O)COCCNC(C)C. The largest absolute Gasteiger partial charge is 0.370 e. The minimum absolute atomic E-state index is 0.0155. The Kier molecular flexibility index (Phi) is 9.24. The zero-order chi connectivity index (χ0) is 12.4. The average Bonchev–Trinajstić information content (AvgIpc) is 2.25. The first-order valence-electron chi connectivity index (χ1n) is 6.20. The van der Waals surface area contributed by atoms with E-state index in [9.17, 15) is 4.79 Å². The van der Waals surface area contributed by atoms with Gasteiger partial charge in [-0.3, -0.25) is 4.79 Å². The lowest BCUT2D eigenvalue weighted by Gasteiger charge is -2.14. The fourth-order valence-electron chi connectivity index (χ4n) is 1.35. The van der Waals surface area contributed by atoms with Crippen molar-refractivity contribution in [3.8, 4) is 0 Å². The van der Waals surface area contributed by atoms with Crippen LogP contribution < -0.4 is 10.6 Å². The van der Waals surface area contributed by atoms with E-state index in [0.29, 0.717) is 12.6 Å². The van der Waals surface area contributed by atoms with Gasteiger partial charge in [-0.25, -0.2) is 0 Å². The molecule has 0 fully saturated rings. The molecule has 16 heavy (non-hydrogen) atoms. The summed E-state index contributed by atoms with van der Waals surface area (Å²) in [7, 11) is 0. The normalized spacial score (nSPS) is 11.1. The highest BCUT2D eigenvalue weighted by Gasteiger charge is 2.07. The third kappa shape index (κ3) is 8.68. The summed E-state index contributed by atoms with van der Waals surface area (Å²) in [4.78, 5) is 11.4. The standard InChI is InChI=1S/C12H26N2O2/c1-5-11(6-2)14-12(15)9-16-8-7-13-10(3)4/h10-11,13H,5-9H2,1-4H3,(H,14,15). The van der Waals surface area contributed by atoms with Crippen LogP contribution in [0, 0.1) is 0 Å². The van der Waals surface area contributed by atoms with Gasteiger partial charge in [0, 0.05) is 18.6 Å². The number of carbonyl (C=O) groups excluding carboxylic acids is 1. The summed E-state index contributed by atoms with van der Waals surface area (Å²) in [5.41, 5.74) is 0. The van der Waals surface area contributed by atoms with Gasteiger partial charge in [-0.05, 0) is 12.8 Å². The Hall–Kier alpha value is -0.610. The van der Waals surface area contributed by atoms with Gasteiger partial charge in [0.05, 0.1) is 6.61 Å².